The second kappa shape index (κ2) is 8.43. The van der Waals surface area contributed by atoms with E-state index < -0.39 is 0 Å². The first-order valence-corrected chi connectivity index (χ1v) is 11.2. The lowest BCUT2D eigenvalue weighted by Crippen LogP contribution is -2.17. The summed E-state index contributed by atoms with van der Waals surface area (Å²) in [5.74, 6) is 0.986. The zero-order valence-electron chi connectivity index (χ0n) is 17.4. The summed E-state index contributed by atoms with van der Waals surface area (Å²) < 4.78 is 14.0. The number of hydrogen-bond acceptors (Lipinski definition) is 5. The predicted molar refractivity (Wildman–Crippen MR) is 122 cm³/mol. The van der Waals surface area contributed by atoms with Crippen molar-refractivity contribution in [1.82, 2.24) is 4.57 Å². The Morgan fingerprint density at radius 2 is 1.59 bits per heavy atom. The highest BCUT2D eigenvalue weighted by atomic mass is 32.1. The highest BCUT2D eigenvalue weighted by molar-refractivity contribution is 7.16. The van der Waals surface area contributed by atoms with Crippen LogP contribution in [0.1, 0.15) is 39.6 Å². The second-order valence-corrected chi connectivity index (χ2v) is 8.41. The number of aryl methyl sites for hydroxylation is 1. The van der Waals surface area contributed by atoms with Gasteiger partial charge in [-0.3, -0.25) is 9.59 Å². The Kier molecular flexibility index (Phi) is 5.33. The third-order valence-corrected chi connectivity index (χ3v) is 6.29. The van der Waals surface area contributed by atoms with Crippen molar-refractivity contribution in [2.45, 2.75) is 19.9 Å². The van der Waals surface area contributed by atoms with Crippen LogP contribution >= 0.6 is 11.3 Å². The number of benzene rings is 3. The van der Waals surface area contributed by atoms with E-state index in [1.165, 1.54) is 11.3 Å². The van der Waals surface area contributed by atoms with Gasteiger partial charge in [0.25, 0.3) is 5.91 Å². The fourth-order valence-corrected chi connectivity index (χ4v) is 4.72. The molecule has 7 heteroatoms. The molecule has 6 nitrogen and oxygen atoms in total. The van der Waals surface area contributed by atoms with Crippen LogP contribution in [0.2, 0.25) is 0 Å². The van der Waals surface area contributed by atoms with E-state index in [9.17, 15) is 9.59 Å². The van der Waals surface area contributed by atoms with Crippen molar-refractivity contribution in [1.29, 1.82) is 0 Å². The van der Waals surface area contributed by atoms with Crippen LogP contribution in [0, 0.1) is 0 Å². The quantitative estimate of drug-likeness (QED) is 0.414. The topological polar surface area (TPSA) is 69.9 Å². The molecule has 32 heavy (non-hydrogen) atoms. The number of fused-ring (bicyclic) bond motifs is 2. The minimum absolute atomic E-state index is 0.0793. The van der Waals surface area contributed by atoms with Crippen molar-refractivity contribution < 1.29 is 19.1 Å². The monoisotopic (exact) mass is 444 g/mol. The molecule has 1 aliphatic rings. The van der Waals surface area contributed by atoms with Crippen molar-refractivity contribution in [3.8, 4) is 11.5 Å². The molecule has 0 fully saturated rings. The molecule has 2 heterocycles. The van der Waals surface area contributed by atoms with E-state index in [1.807, 2.05) is 34.9 Å². The molecule has 4 aromatic rings. The number of hydrogen-bond donors (Lipinski definition) is 0. The average molecular weight is 445 g/mol. The summed E-state index contributed by atoms with van der Waals surface area (Å²) in [6.07, 6.45) is 0.901. The third kappa shape index (κ3) is 3.71. The molecule has 0 atom stereocenters. The Hall–Kier alpha value is -3.71. The first-order chi connectivity index (χ1) is 15.6. The van der Waals surface area contributed by atoms with Crippen molar-refractivity contribution in [3.63, 3.8) is 0 Å². The summed E-state index contributed by atoms with van der Waals surface area (Å²) in [5, 5.41) is 0. The molecule has 0 saturated heterocycles. The number of ether oxygens (including phenoxy) is 2. The normalized spacial score (nSPS) is 13.0. The number of nitrogens with zero attached hydrogens (tertiary/aromatic N) is 2. The van der Waals surface area contributed by atoms with Gasteiger partial charge in [0.2, 0.25) is 6.79 Å². The number of amides is 1. The molecule has 0 N–H and O–H groups in total. The summed E-state index contributed by atoms with van der Waals surface area (Å²) in [4.78, 5) is 30.5. The van der Waals surface area contributed by atoms with Gasteiger partial charge in [-0.1, -0.05) is 60.7 Å². The molecule has 1 aliphatic heterocycles. The zero-order chi connectivity index (χ0) is 22.1. The lowest BCUT2D eigenvalue weighted by Gasteiger charge is -2.04. The lowest BCUT2D eigenvalue weighted by molar-refractivity contribution is 0.0994. The lowest BCUT2D eigenvalue weighted by atomic mass is 10.0. The molecular weight excluding hydrogens is 424 g/mol. The Morgan fingerprint density at radius 1 is 0.938 bits per heavy atom. The second-order valence-electron chi connectivity index (χ2n) is 7.40. The van der Waals surface area contributed by atoms with Gasteiger partial charge in [0, 0.05) is 35.4 Å². The van der Waals surface area contributed by atoms with Crippen LogP contribution in [0.15, 0.2) is 71.7 Å². The fourth-order valence-electron chi connectivity index (χ4n) is 3.66. The van der Waals surface area contributed by atoms with E-state index in [4.69, 9.17) is 9.47 Å². The number of rotatable bonds is 5. The van der Waals surface area contributed by atoms with Crippen LogP contribution < -0.4 is 14.3 Å². The number of ketones is 1. The van der Waals surface area contributed by atoms with E-state index in [-0.39, 0.29) is 18.5 Å². The van der Waals surface area contributed by atoms with Crippen molar-refractivity contribution in [2.24, 2.45) is 4.99 Å². The van der Waals surface area contributed by atoms with Crippen LogP contribution in [-0.2, 0) is 6.54 Å². The van der Waals surface area contributed by atoms with Crippen LogP contribution in [0.25, 0.3) is 10.2 Å². The van der Waals surface area contributed by atoms with Crippen molar-refractivity contribution >= 4 is 33.2 Å². The standard InChI is InChI=1S/C25H20N2O4S/c1-2-12-27-19-13-20-21(31-15-30-20)14-22(19)32-25(27)26-24(29)18-10-8-17(9-11-18)23(28)16-6-4-3-5-7-16/h3-11,13-14H,2,12,15H2,1H3. The maximum atomic E-state index is 12.9. The summed E-state index contributed by atoms with van der Waals surface area (Å²) in [7, 11) is 0. The van der Waals surface area contributed by atoms with E-state index >= 15 is 0 Å². The SMILES string of the molecule is CCCn1c(=NC(=O)c2ccc(C(=O)c3ccccc3)cc2)sc2cc3c(cc21)OCO3. The van der Waals surface area contributed by atoms with Gasteiger partial charge >= 0.3 is 0 Å². The highest BCUT2D eigenvalue weighted by Gasteiger charge is 2.18. The van der Waals surface area contributed by atoms with Crippen LogP contribution in [0.5, 0.6) is 11.5 Å². The highest BCUT2D eigenvalue weighted by Crippen LogP contribution is 2.37. The first kappa shape index (κ1) is 20.2. The molecule has 0 unspecified atom stereocenters. The van der Waals surface area contributed by atoms with Gasteiger partial charge in [-0.15, -0.1) is 0 Å². The minimum atomic E-state index is -0.347. The third-order valence-electron chi connectivity index (χ3n) is 5.25. The Bertz CT molecular complexity index is 1390. The molecule has 1 aromatic heterocycles. The first-order valence-electron chi connectivity index (χ1n) is 10.4. The molecule has 3 aromatic carbocycles. The van der Waals surface area contributed by atoms with Crippen molar-refractivity contribution in [3.05, 3.63) is 88.2 Å². The van der Waals surface area contributed by atoms with Gasteiger partial charge in [0.05, 0.1) is 10.2 Å². The number of carbonyl (C=O) groups is 2. The summed E-state index contributed by atoms with van der Waals surface area (Å²) in [5.41, 5.74) is 2.55. The van der Waals surface area contributed by atoms with Gasteiger partial charge in [-0.25, -0.2) is 0 Å². The number of thiazole rings is 1. The molecular formula is C25H20N2O4S. The fraction of sp³-hybridized carbons (Fsp3) is 0.160. The van der Waals surface area contributed by atoms with E-state index in [1.54, 1.807) is 36.4 Å². The molecule has 0 spiro atoms. The van der Waals surface area contributed by atoms with Crippen molar-refractivity contribution in [2.75, 3.05) is 6.79 Å². The summed E-state index contributed by atoms with van der Waals surface area (Å²) in [6, 6.07) is 19.6. The van der Waals surface area contributed by atoms with E-state index in [0.29, 0.717) is 33.0 Å². The minimum Gasteiger partial charge on any atom is -0.454 e. The predicted octanol–water partition coefficient (Wildman–Crippen LogP) is 4.81. The van der Waals surface area contributed by atoms with Crippen LogP contribution in [0.3, 0.4) is 0 Å². The van der Waals surface area contributed by atoms with E-state index in [0.717, 1.165) is 23.2 Å². The zero-order valence-corrected chi connectivity index (χ0v) is 18.2. The molecule has 1 amide bonds. The van der Waals surface area contributed by atoms with Gasteiger partial charge in [-0.05, 0) is 18.6 Å². The molecule has 0 bridgehead atoms. The van der Waals surface area contributed by atoms with Gasteiger partial charge in [0.1, 0.15) is 0 Å². The average Bonchev–Trinajstić information content (AvgIpc) is 3.42. The summed E-state index contributed by atoms with van der Waals surface area (Å²) >= 11 is 1.44. The molecule has 160 valence electrons. The Labute approximate surface area is 188 Å². The van der Waals surface area contributed by atoms with E-state index in [2.05, 4.69) is 11.9 Å². The molecule has 0 aliphatic carbocycles. The number of carbonyl (C=O) groups excluding carboxylic acids is 2. The van der Waals surface area contributed by atoms with Crippen LogP contribution in [-0.4, -0.2) is 23.1 Å². The smallest absolute Gasteiger partial charge is 0.279 e. The largest absolute Gasteiger partial charge is 0.454 e. The number of aromatic nitrogens is 1. The Morgan fingerprint density at radius 3 is 2.31 bits per heavy atom. The Balaban J connectivity index is 1.48. The van der Waals surface area contributed by atoms with Crippen LogP contribution in [0.4, 0.5) is 0 Å². The van der Waals surface area contributed by atoms with Gasteiger partial charge < -0.3 is 14.0 Å². The summed E-state index contributed by atoms with van der Waals surface area (Å²) in [6.45, 7) is 3.03. The maximum absolute atomic E-state index is 12.9. The maximum Gasteiger partial charge on any atom is 0.279 e. The van der Waals surface area contributed by atoms with Gasteiger partial charge in [-0.2, -0.15) is 4.99 Å². The molecule has 5 rings (SSSR count). The molecule has 0 saturated carbocycles. The molecule has 0 radical (unpaired) electrons. The van der Waals surface area contributed by atoms with Gasteiger partial charge in [0.15, 0.2) is 22.1 Å².